The second-order valence-electron chi connectivity index (χ2n) is 6.51. The minimum absolute atomic E-state index is 0.292. The number of hydrogen-bond acceptors (Lipinski definition) is 4. The predicted molar refractivity (Wildman–Crippen MR) is 92.9 cm³/mol. The fourth-order valence-electron chi connectivity index (χ4n) is 3.57. The van der Waals surface area contributed by atoms with Crippen LogP contribution in [0.1, 0.15) is 31.4 Å². The maximum absolute atomic E-state index is 6.23. The zero-order chi connectivity index (χ0) is 16.4. The molecule has 2 aliphatic rings. The molecule has 4 nitrogen and oxygen atoms in total. The molecule has 0 bridgehead atoms. The van der Waals surface area contributed by atoms with Crippen molar-refractivity contribution < 1.29 is 13.9 Å². The molecule has 1 N–H and O–H groups in total. The average molecular weight is 348 g/mol. The van der Waals surface area contributed by atoms with Crippen LogP contribution < -0.4 is 5.32 Å². The fraction of sp³-hybridized carbons (Fsp3) is 0.474. The van der Waals surface area contributed by atoms with Crippen molar-refractivity contribution in [1.82, 2.24) is 5.32 Å². The maximum atomic E-state index is 6.23. The van der Waals surface area contributed by atoms with E-state index in [2.05, 4.69) is 5.32 Å². The molecule has 1 saturated carbocycles. The lowest BCUT2D eigenvalue weighted by Crippen LogP contribution is -2.41. The number of rotatable bonds is 4. The number of hydrogen-bond donors (Lipinski definition) is 1. The Morgan fingerprint density at radius 1 is 1.04 bits per heavy atom. The first-order chi connectivity index (χ1) is 11.7. The topological polar surface area (TPSA) is 43.6 Å². The largest absolute Gasteiger partial charge is 0.460 e. The summed E-state index contributed by atoms with van der Waals surface area (Å²) in [7, 11) is 0. The first-order valence-corrected chi connectivity index (χ1v) is 8.97. The van der Waals surface area contributed by atoms with Gasteiger partial charge in [0.2, 0.25) is 0 Å². The Bertz CT molecular complexity index is 683. The van der Waals surface area contributed by atoms with Crippen molar-refractivity contribution in [3.63, 3.8) is 0 Å². The van der Waals surface area contributed by atoms with Gasteiger partial charge in [-0.3, -0.25) is 0 Å². The Hall–Kier alpha value is -1.33. The molecule has 0 amide bonds. The van der Waals surface area contributed by atoms with Crippen molar-refractivity contribution in [2.75, 3.05) is 13.2 Å². The molecule has 2 aromatic rings. The van der Waals surface area contributed by atoms with Gasteiger partial charge in [0.05, 0.1) is 24.8 Å². The minimum atomic E-state index is -0.292. The predicted octanol–water partition coefficient (Wildman–Crippen LogP) is 4.38. The molecule has 4 rings (SSSR count). The van der Waals surface area contributed by atoms with Gasteiger partial charge in [-0.1, -0.05) is 23.7 Å². The molecule has 0 unspecified atom stereocenters. The molecule has 1 aromatic heterocycles. The molecule has 1 spiro atoms. The Labute approximate surface area is 147 Å². The van der Waals surface area contributed by atoms with Crippen LogP contribution in [-0.2, 0) is 16.0 Å². The first kappa shape index (κ1) is 16.2. The van der Waals surface area contributed by atoms with Crippen LogP contribution in [0.3, 0.4) is 0 Å². The van der Waals surface area contributed by atoms with Gasteiger partial charge >= 0.3 is 0 Å². The standard InChI is InChI=1S/C19H22ClNO3/c20-17-4-2-1-3-16(17)18-6-5-15(24-18)13-21-14-7-9-19(10-8-14)22-11-12-23-19/h1-6,14,21H,7-13H2. The minimum Gasteiger partial charge on any atom is -0.460 e. The van der Waals surface area contributed by atoms with E-state index in [-0.39, 0.29) is 5.79 Å². The van der Waals surface area contributed by atoms with Crippen LogP contribution in [0.4, 0.5) is 0 Å². The van der Waals surface area contributed by atoms with Gasteiger partial charge in [-0.05, 0) is 37.1 Å². The van der Waals surface area contributed by atoms with Gasteiger partial charge in [-0.2, -0.15) is 0 Å². The molecule has 0 atom stereocenters. The van der Waals surface area contributed by atoms with E-state index in [9.17, 15) is 0 Å². The monoisotopic (exact) mass is 347 g/mol. The van der Waals surface area contributed by atoms with Crippen LogP contribution in [0.5, 0.6) is 0 Å². The van der Waals surface area contributed by atoms with E-state index in [4.69, 9.17) is 25.5 Å². The van der Waals surface area contributed by atoms with Gasteiger partial charge in [0, 0.05) is 24.4 Å². The summed E-state index contributed by atoms with van der Waals surface area (Å²) in [6.07, 6.45) is 4.07. The van der Waals surface area contributed by atoms with Gasteiger partial charge in [0.15, 0.2) is 5.79 Å². The van der Waals surface area contributed by atoms with E-state index in [1.165, 1.54) is 0 Å². The molecular formula is C19H22ClNO3. The molecule has 1 aliphatic heterocycles. The highest BCUT2D eigenvalue weighted by atomic mass is 35.5. The summed E-state index contributed by atoms with van der Waals surface area (Å²) in [5.74, 6) is 1.45. The van der Waals surface area contributed by atoms with E-state index in [1.54, 1.807) is 0 Å². The molecule has 2 fully saturated rings. The van der Waals surface area contributed by atoms with Crippen molar-refractivity contribution >= 4 is 11.6 Å². The van der Waals surface area contributed by atoms with Crippen molar-refractivity contribution in [2.45, 2.75) is 44.1 Å². The van der Waals surface area contributed by atoms with Crippen molar-refractivity contribution in [1.29, 1.82) is 0 Å². The fourth-order valence-corrected chi connectivity index (χ4v) is 3.80. The molecule has 0 radical (unpaired) electrons. The molecule has 1 aromatic carbocycles. The average Bonchev–Trinajstić information content (AvgIpc) is 3.25. The van der Waals surface area contributed by atoms with E-state index in [1.807, 2.05) is 36.4 Å². The highest BCUT2D eigenvalue weighted by molar-refractivity contribution is 6.33. The van der Waals surface area contributed by atoms with Crippen LogP contribution in [-0.4, -0.2) is 25.0 Å². The number of benzene rings is 1. The van der Waals surface area contributed by atoms with Crippen LogP contribution in [0, 0.1) is 0 Å². The van der Waals surface area contributed by atoms with E-state index in [0.717, 1.165) is 62.5 Å². The van der Waals surface area contributed by atoms with E-state index in [0.29, 0.717) is 11.1 Å². The lowest BCUT2D eigenvalue weighted by Gasteiger charge is -2.35. The van der Waals surface area contributed by atoms with Crippen molar-refractivity contribution in [2.24, 2.45) is 0 Å². The summed E-state index contributed by atoms with van der Waals surface area (Å²) in [5.41, 5.74) is 0.931. The number of nitrogens with one attached hydrogen (secondary N) is 1. The summed E-state index contributed by atoms with van der Waals surface area (Å²) >= 11 is 6.23. The smallest absolute Gasteiger partial charge is 0.168 e. The van der Waals surface area contributed by atoms with Gasteiger partial charge in [-0.15, -0.1) is 0 Å². The van der Waals surface area contributed by atoms with Crippen molar-refractivity contribution in [3.8, 4) is 11.3 Å². The Balaban J connectivity index is 1.32. The second-order valence-corrected chi connectivity index (χ2v) is 6.92. The number of halogens is 1. The van der Waals surface area contributed by atoms with E-state index < -0.39 is 0 Å². The summed E-state index contributed by atoms with van der Waals surface area (Å²) < 4.78 is 17.5. The van der Waals surface area contributed by atoms with Crippen LogP contribution >= 0.6 is 11.6 Å². The maximum Gasteiger partial charge on any atom is 0.168 e. The van der Waals surface area contributed by atoms with Gasteiger partial charge in [-0.25, -0.2) is 0 Å². The highest BCUT2D eigenvalue weighted by Crippen LogP contribution is 2.36. The Kier molecular flexibility index (Phi) is 4.63. The first-order valence-electron chi connectivity index (χ1n) is 8.59. The number of furan rings is 1. The summed E-state index contributed by atoms with van der Waals surface area (Å²) in [4.78, 5) is 0. The molecular weight excluding hydrogens is 326 g/mol. The van der Waals surface area contributed by atoms with Crippen LogP contribution in [0.15, 0.2) is 40.8 Å². The van der Waals surface area contributed by atoms with Gasteiger partial charge < -0.3 is 19.2 Å². The normalized spacial score (nSPS) is 20.7. The lowest BCUT2D eigenvalue weighted by atomic mass is 9.90. The van der Waals surface area contributed by atoms with Crippen LogP contribution in [0.2, 0.25) is 5.02 Å². The zero-order valence-corrected chi connectivity index (χ0v) is 14.3. The quantitative estimate of drug-likeness (QED) is 0.891. The van der Waals surface area contributed by atoms with Gasteiger partial charge in [0.25, 0.3) is 0 Å². The number of ether oxygens (including phenoxy) is 2. The second kappa shape index (κ2) is 6.89. The third-order valence-electron chi connectivity index (χ3n) is 4.93. The SMILES string of the molecule is Clc1ccccc1-c1ccc(CNC2CCC3(CC2)OCCO3)o1. The molecule has 24 heavy (non-hydrogen) atoms. The Morgan fingerprint density at radius 3 is 2.54 bits per heavy atom. The third-order valence-corrected chi connectivity index (χ3v) is 5.26. The molecule has 128 valence electrons. The molecule has 5 heteroatoms. The summed E-state index contributed by atoms with van der Waals surface area (Å²) in [6, 6.07) is 12.2. The summed E-state index contributed by atoms with van der Waals surface area (Å²) in [5, 5.41) is 4.29. The van der Waals surface area contributed by atoms with Crippen LogP contribution in [0.25, 0.3) is 11.3 Å². The molecule has 1 aliphatic carbocycles. The van der Waals surface area contributed by atoms with Crippen molar-refractivity contribution in [3.05, 3.63) is 47.2 Å². The molecule has 1 saturated heterocycles. The zero-order valence-electron chi connectivity index (χ0n) is 13.6. The van der Waals surface area contributed by atoms with Gasteiger partial charge in [0.1, 0.15) is 11.5 Å². The highest BCUT2D eigenvalue weighted by Gasteiger charge is 2.40. The lowest BCUT2D eigenvalue weighted by molar-refractivity contribution is -0.179. The summed E-state index contributed by atoms with van der Waals surface area (Å²) in [6.45, 7) is 2.19. The Morgan fingerprint density at radius 2 is 1.79 bits per heavy atom. The van der Waals surface area contributed by atoms with E-state index >= 15 is 0 Å². The molecule has 2 heterocycles. The third kappa shape index (κ3) is 3.38.